The first-order valence-corrected chi connectivity index (χ1v) is 15.4. The van der Waals surface area contributed by atoms with Crippen LogP contribution >= 0.6 is 11.3 Å². The van der Waals surface area contributed by atoms with E-state index in [1.165, 1.54) is 27.4 Å². The molecule has 0 bridgehead atoms. The van der Waals surface area contributed by atoms with Gasteiger partial charge in [0, 0.05) is 44.7 Å². The summed E-state index contributed by atoms with van der Waals surface area (Å²) in [5.74, 6) is 1.57. The lowest BCUT2D eigenvalue weighted by Crippen LogP contribution is -2.43. The third-order valence-corrected chi connectivity index (χ3v) is 9.94. The number of thiophene rings is 1. The van der Waals surface area contributed by atoms with Crippen molar-refractivity contribution < 1.29 is 14.4 Å². The highest BCUT2D eigenvalue weighted by Crippen LogP contribution is 2.52. The number of likely N-dealkylation sites (tertiary alicyclic amines) is 1. The molecule has 0 spiro atoms. The molecule has 2 atom stereocenters. The number of rotatable bonds is 9. The summed E-state index contributed by atoms with van der Waals surface area (Å²) in [4.78, 5) is 45.6. The van der Waals surface area contributed by atoms with Crippen molar-refractivity contribution in [1.82, 2.24) is 4.90 Å². The van der Waals surface area contributed by atoms with Crippen LogP contribution in [0.4, 0.5) is 11.4 Å². The highest BCUT2D eigenvalue weighted by molar-refractivity contribution is 7.12. The Morgan fingerprint density at radius 2 is 1.55 bits per heavy atom. The third-order valence-electron chi connectivity index (χ3n) is 9.08. The molecule has 40 heavy (non-hydrogen) atoms. The first kappa shape index (κ1) is 26.9. The Balaban J connectivity index is 1.14. The number of carbonyl (C=O) groups excluding carboxylic acids is 3. The normalized spacial score (nSPS) is 22.9. The van der Waals surface area contributed by atoms with E-state index in [9.17, 15) is 14.4 Å². The van der Waals surface area contributed by atoms with Crippen LogP contribution in [0.1, 0.15) is 53.9 Å². The first-order valence-electron chi connectivity index (χ1n) is 14.6. The van der Waals surface area contributed by atoms with Gasteiger partial charge in [0.2, 0.25) is 11.8 Å². The molecule has 3 fully saturated rings. The second-order valence-corrected chi connectivity index (χ2v) is 12.5. The molecule has 3 amide bonds. The Labute approximate surface area is 240 Å². The molecular formula is C33H37N3O3S. The largest absolute Gasteiger partial charge is 0.307 e. The van der Waals surface area contributed by atoms with Crippen molar-refractivity contribution in [3.63, 3.8) is 0 Å². The van der Waals surface area contributed by atoms with Gasteiger partial charge in [-0.3, -0.25) is 24.2 Å². The number of carbonyl (C=O) groups is 3. The fraction of sp³-hybridized carbons (Fsp3) is 0.424. The number of fused-ring (bicyclic) bond motifs is 1. The molecule has 7 heteroatoms. The maximum absolute atomic E-state index is 13.6. The van der Waals surface area contributed by atoms with E-state index in [2.05, 4.69) is 36.1 Å². The van der Waals surface area contributed by atoms with Crippen LogP contribution in [0, 0.1) is 23.7 Å². The van der Waals surface area contributed by atoms with Crippen LogP contribution in [0.2, 0.25) is 0 Å². The molecule has 208 valence electrons. The van der Waals surface area contributed by atoms with Crippen molar-refractivity contribution >= 4 is 40.4 Å². The second kappa shape index (κ2) is 11.3. The number of imide groups is 1. The second-order valence-electron chi connectivity index (χ2n) is 11.6. The van der Waals surface area contributed by atoms with E-state index < -0.39 is 0 Å². The summed E-state index contributed by atoms with van der Waals surface area (Å²) in [6, 6.07) is 20.1. The van der Waals surface area contributed by atoms with Crippen LogP contribution < -0.4 is 9.80 Å². The smallest absolute Gasteiger partial charge is 0.268 e. The minimum Gasteiger partial charge on any atom is -0.307 e. The van der Waals surface area contributed by atoms with Gasteiger partial charge in [-0.25, -0.2) is 0 Å². The van der Waals surface area contributed by atoms with Crippen molar-refractivity contribution in [2.45, 2.75) is 46.1 Å². The van der Waals surface area contributed by atoms with Gasteiger partial charge in [0.15, 0.2) is 0 Å². The van der Waals surface area contributed by atoms with Gasteiger partial charge >= 0.3 is 0 Å². The standard InChI is InChI=1S/C33H37N3O3S/c1-3-22-7-9-24(10-8-22)18-34-19-27-28(20-34)29(27)21-35(33(39)30-6-5-15-40-30)25-11-13-26(14-12-25)36-31(37)16-23(4-2)17-32(36)38/h5-15,23,27-29H,3-4,16-21H2,1-2H3. The first-order chi connectivity index (χ1) is 19.4. The molecule has 2 unspecified atom stereocenters. The molecule has 0 radical (unpaired) electrons. The van der Waals surface area contributed by atoms with Gasteiger partial charge in [-0.1, -0.05) is 50.6 Å². The van der Waals surface area contributed by atoms with Gasteiger partial charge in [0.25, 0.3) is 5.91 Å². The maximum atomic E-state index is 13.6. The number of nitrogens with zero attached hydrogens (tertiary/aromatic N) is 3. The number of piperidine rings is 2. The Hall–Kier alpha value is -3.29. The SMILES string of the molecule is CCc1ccc(CN2CC3C(C2)C3CN(C(=O)c2cccs2)c2ccc(N3C(=O)CC(CC)CC3=O)cc2)cc1. The summed E-state index contributed by atoms with van der Waals surface area (Å²) in [7, 11) is 0. The number of aryl methyl sites for hydroxylation is 1. The fourth-order valence-corrected chi connectivity index (χ4v) is 7.24. The van der Waals surface area contributed by atoms with Gasteiger partial charge in [0.05, 0.1) is 10.6 Å². The Kier molecular flexibility index (Phi) is 7.60. The highest BCUT2D eigenvalue weighted by Gasteiger charge is 2.56. The summed E-state index contributed by atoms with van der Waals surface area (Å²) in [5, 5.41) is 1.93. The molecule has 1 saturated carbocycles. The van der Waals surface area contributed by atoms with E-state index in [1.807, 2.05) is 53.6 Å². The zero-order valence-corrected chi connectivity index (χ0v) is 24.1. The van der Waals surface area contributed by atoms with Gasteiger partial charge in [-0.2, -0.15) is 0 Å². The molecule has 3 heterocycles. The molecule has 2 aliphatic heterocycles. The van der Waals surface area contributed by atoms with Crippen molar-refractivity contribution in [3.05, 3.63) is 82.0 Å². The molecule has 3 aromatic rings. The van der Waals surface area contributed by atoms with E-state index in [-0.39, 0.29) is 23.6 Å². The van der Waals surface area contributed by atoms with Gasteiger partial charge in [-0.15, -0.1) is 11.3 Å². The number of anilines is 2. The number of hydrogen-bond donors (Lipinski definition) is 0. The van der Waals surface area contributed by atoms with Crippen LogP contribution in [0.15, 0.2) is 66.0 Å². The topological polar surface area (TPSA) is 60.9 Å². The van der Waals surface area contributed by atoms with E-state index in [0.717, 1.165) is 43.0 Å². The maximum Gasteiger partial charge on any atom is 0.268 e. The Morgan fingerprint density at radius 3 is 2.12 bits per heavy atom. The van der Waals surface area contributed by atoms with Crippen LogP contribution in [0.25, 0.3) is 0 Å². The quantitative estimate of drug-likeness (QED) is 0.303. The molecule has 2 saturated heterocycles. The minimum atomic E-state index is -0.140. The molecular weight excluding hydrogens is 518 g/mol. The lowest BCUT2D eigenvalue weighted by atomic mass is 9.93. The predicted molar refractivity (Wildman–Crippen MR) is 160 cm³/mol. The van der Waals surface area contributed by atoms with Gasteiger partial charge in [0.1, 0.15) is 0 Å². The van der Waals surface area contributed by atoms with Crippen molar-refractivity contribution in [2.75, 3.05) is 29.4 Å². The number of benzene rings is 2. The van der Waals surface area contributed by atoms with Crippen molar-refractivity contribution in [2.24, 2.45) is 23.7 Å². The average molecular weight is 556 g/mol. The molecule has 1 aliphatic carbocycles. The van der Waals surface area contributed by atoms with Crippen LogP contribution in [-0.2, 0) is 22.6 Å². The molecule has 1 aromatic heterocycles. The van der Waals surface area contributed by atoms with Crippen LogP contribution in [0.3, 0.4) is 0 Å². The van der Waals surface area contributed by atoms with E-state index >= 15 is 0 Å². The molecule has 6 rings (SSSR count). The number of hydrogen-bond acceptors (Lipinski definition) is 5. The zero-order valence-electron chi connectivity index (χ0n) is 23.3. The fourth-order valence-electron chi connectivity index (χ4n) is 6.57. The summed E-state index contributed by atoms with van der Waals surface area (Å²) in [6.45, 7) is 8.01. The van der Waals surface area contributed by atoms with Gasteiger partial charge < -0.3 is 4.90 Å². The monoisotopic (exact) mass is 555 g/mol. The zero-order chi connectivity index (χ0) is 27.8. The van der Waals surface area contributed by atoms with E-state index in [4.69, 9.17) is 0 Å². The lowest BCUT2D eigenvalue weighted by Gasteiger charge is -2.30. The summed E-state index contributed by atoms with van der Waals surface area (Å²) in [5.41, 5.74) is 4.13. The molecule has 0 N–H and O–H groups in total. The van der Waals surface area contributed by atoms with Crippen LogP contribution in [-0.4, -0.2) is 42.3 Å². The molecule has 6 nitrogen and oxygen atoms in total. The van der Waals surface area contributed by atoms with Gasteiger partial charge in [-0.05, 0) is 76.9 Å². The van der Waals surface area contributed by atoms with E-state index in [0.29, 0.717) is 42.8 Å². The summed E-state index contributed by atoms with van der Waals surface area (Å²) < 4.78 is 0. The predicted octanol–water partition coefficient (Wildman–Crippen LogP) is 6.01. The lowest BCUT2D eigenvalue weighted by molar-refractivity contribution is -0.130. The molecule has 3 aliphatic rings. The van der Waals surface area contributed by atoms with Crippen molar-refractivity contribution in [1.29, 1.82) is 0 Å². The summed E-state index contributed by atoms with van der Waals surface area (Å²) in [6.07, 6.45) is 2.70. The van der Waals surface area contributed by atoms with E-state index in [1.54, 1.807) is 0 Å². The summed E-state index contributed by atoms with van der Waals surface area (Å²) >= 11 is 1.46. The van der Waals surface area contributed by atoms with Crippen LogP contribution in [0.5, 0.6) is 0 Å². The Bertz CT molecular complexity index is 1340. The minimum absolute atomic E-state index is 0.0107. The average Bonchev–Trinajstić information content (AvgIpc) is 3.34. The number of amides is 3. The van der Waals surface area contributed by atoms with Crippen molar-refractivity contribution in [3.8, 4) is 0 Å². The highest BCUT2D eigenvalue weighted by atomic mass is 32.1. The molecule has 2 aromatic carbocycles. The third kappa shape index (κ3) is 5.37. The Morgan fingerprint density at radius 1 is 0.900 bits per heavy atom.